The maximum Gasteiger partial charge on any atom is 0.316 e. The summed E-state index contributed by atoms with van der Waals surface area (Å²) in [6, 6.07) is 3.75. The first-order chi connectivity index (χ1) is 8.43. The standard InChI is InChI=1S/C13H14N2O2S/c1-8-10(9-4-6-14-7-5-9)15-11(18-8)13(2,3)12(16)17/h4-7H,1-3H3,(H,16,17). The van der Waals surface area contributed by atoms with Crippen molar-refractivity contribution in [2.24, 2.45) is 0 Å². The Morgan fingerprint density at radius 1 is 1.33 bits per heavy atom. The Bertz CT molecular complexity index is 576. The van der Waals surface area contributed by atoms with E-state index in [0.717, 1.165) is 16.1 Å². The number of rotatable bonds is 3. The number of aliphatic carboxylic acids is 1. The second-order valence-corrected chi connectivity index (χ2v) is 5.79. The van der Waals surface area contributed by atoms with Crippen molar-refractivity contribution in [3.05, 3.63) is 34.4 Å². The van der Waals surface area contributed by atoms with Crippen LogP contribution in [0.15, 0.2) is 24.5 Å². The first-order valence-corrected chi connectivity index (χ1v) is 6.36. The van der Waals surface area contributed by atoms with Gasteiger partial charge in [0.1, 0.15) is 10.4 Å². The minimum atomic E-state index is -0.958. The first-order valence-electron chi connectivity index (χ1n) is 5.54. The van der Waals surface area contributed by atoms with Crippen LogP contribution in [-0.2, 0) is 10.2 Å². The molecule has 1 N–H and O–H groups in total. The maximum atomic E-state index is 11.2. The van der Waals surface area contributed by atoms with E-state index in [4.69, 9.17) is 0 Å². The Hall–Kier alpha value is -1.75. The van der Waals surface area contributed by atoms with Crippen molar-refractivity contribution in [3.63, 3.8) is 0 Å². The molecule has 0 fully saturated rings. The van der Waals surface area contributed by atoms with Gasteiger partial charge in [0.15, 0.2) is 0 Å². The molecule has 18 heavy (non-hydrogen) atoms. The second kappa shape index (κ2) is 4.49. The van der Waals surface area contributed by atoms with Gasteiger partial charge in [0, 0.05) is 22.8 Å². The molecule has 94 valence electrons. The van der Waals surface area contributed by atoms with E-state index < -0.39 is 11.4 Å². The van der Waals surface area contributed by atoms with Crippen LogP contribution in [0.25, 0.3) is 11.3 Å². The van der Waals surface area contributed by atoms with Crippen molar-refractivity contribution in [1.82, 2.24) is 9.97 Å². The van der Waals surface area contributed by atoms with Crippen LogP contribution >= 0.6 is 11.3 Å². The first kappa shape index (κ1) is 12.7. The number of aryl methyl sites for hydroxylation is 1. The van der Waals surface area contributed by atoms with Gasteiger partial charge in [-0.3, -0.25) is 9.78 Å². The summed E-state index contributed by atoms with van der Waals surface area (Å²) in [6.07, 6.45) is 3.41. The lowest BCUT2D eigenvalue weighted by molar-refractivity contribution is -0.142. The zero-order chi connectivity index (χ0) is 13.3. The summed E-state index contributed by atoms with van der Waals surface area (Å²) in [5.74, 6) is -0.863. The molecule has 0 aliphatic carbocycles. The van der Waals surface area contributed by atoms with Crippen LogP contribution in [-0.4, -0.2) is 21.0 Å². The molecule has 2 aromatic heterocycles. The molecule has 0 saturated heterocycles. The molecule has 2 rings (SSSR count). The van der Waals surface area contributed by atoms with E-state index in [-0.39, 0.29) is 0 Å². The Labute approximate surface area is 109 Å². The Kier molecular flexibility index (Phi) is 3.17. The van der Waals surface area contributed by atoms with Gasteiger partial charge in [0.25, 0.3) is 0 Å². The van der Waals surface area contributed by atoms with E-state index in [2.05, 4.69) is 9.97 Å². The highest BCUT2D eigenvalue weighted by Gasteiger charge is 2.33. The fourth-order valence-corrected chi connectivity index (χ4v) is 2.56. The molecule has 0 radical (unpaired) electrons. The molecule has 5 heteroatoms. The molecular weight excluding hydrogens is 248 g/mol. The number of nitrogens with zero attached hydrogens (tertiary/aromatic N) is 2. The maximum absolute atomic E-state index is 11.2. The molecule has 2 heterocycles. The molecule has 4 nitrogen and oxygen atoms in total. The monoisotopic (exact) mass is 262 g/mol. The lowest BCUT2D eigenvalue weighted by atomic mass is 9.95. The highest BCUT2D eigenvalue weighted by atomic mass is 32.1. The molecule has 0 aliphatic rings. The van der Waals surface area contributed by atoms with Crippen LogP contribution in [0.5, 0.6) is 0 Å². The van der Waals surface area contributed by atoms with Crippen molar-refractivity contribution in [2.45, 2.75) is 26.2 Å². The third-order valence-corrected chi connectivity index (χ3v) is 4.11. The third kappa shape index (κ3) is 2.13. The molecular formula is C13H14N2O2S. The highest BCUT2D eigenvalue weighted by Crippen LogP contribution is 2.34. The van der Waals surface area contributed by atoms with Gasteiger partial charge in [-0.05, 0) is 32.9 Å². The van der Waals surface area contributed by atoms with Crippen LogP contribution in [0.1, 0.15) is 23.7 Å². The molecule has 0 unspecified atom stereocenters. The zero-order valence-corrected chi connectivity index (χ0v) is 11.3. The predicted molar refractivity (Wildman–Crippen MR) is 70.7 cm³/mol. The molecule has 0 aromatic carbocycles. The quantitative estimate of drug-likeness (QED) is 0.923. The van der Waals surface area contributed by atoms with Crippen LogP contribution in [0.3, 0.4) is 0 Å². The van der Waals surface area contributed by atoms with Crippen molar-refractivity contribution in [2.75, 3.05) is 0 Å². The normalized spacial score (nSPS) is 11.5. The van der Waals surface area contributed by atoms with E-state index in [1.807, 2.05) is 19.1 Å². The smallest absolute Gasteiger partial charge is 0.316 e. The highest BCUT2D eigenvalue weighted by molar-refractivity contribution is 7.12. The fraction of sp³-hybridized carbons (Fsp3) is 0.308. The van der Waals surface area contributed by atoms with Gasteiger partial charge >= 0.3 is 5.97 Å². The van der Waals surface area contributed by atoms with Gasteiger partial charge in [-0.1, -0.05) is 0 Å². The number of pyridine rings is 1. The van der Waals surface area contributed by atoms with Crippen LogP contribution < -0.4 is 0 Å². The van der Waals surface area contributed by atoms with Gasteiger partial charge in [-0.2, -0.15) is 0 Å². The van der Waals surface area contributed by atoms with Crippen molar-refractivity contribution >= 4 is 17.3 Å². The van der Waals surface area contributed by atoms with E-state index in [0.29, 0.717) is 5.01 Å². The van der Waals surface area contributed by atoms with Crippen molar-refractivity contribution in [3.8, 4) is 11.3 Å². The van der Waals surface area contributed by atoms with Crippen LogP contribution in [0.4, 0.5) is 0 Å². The summed E-state index contributed by atoms with van der Waals surface area (Å²) in [4.78, 5) is 20.7. The molecule has 0 atom stereocenters. The molecule has 0 amide bonds. The number of thiazole rings is 1. The second-order valence-electron chi connectivity index (χ2n) is 4.59. The number of hydrogen-bond acceptors (Lipinski definition) is 4. The van der Waals surface area contributed by atoms with E-state index in [9.17, 15) is 9.90 Å². The summed E-state index contributed by atoms with van der Waals surface area (Å²) >= 11 is 1.43. The molecule has 0 bridgehead atoms. The minimum Gasteiger partial charge on any atom is -0.481 e. The van der Waals surface area contributed by atoms with Gasteiger partial charge < -0.3 is 5.11 Å². The average molecular weight is 262 g/mol. The average Bonchev–Trinajstić information content (AvgIpc) is 2.73. The van der Waals surface area contributed by atoms with E-state index >= 15 is 0 Å². The van der Waals surface area contributed by atoms with E-state index in [1.54, 1.807) is 26.2 Å². The zero-order valence-electron chi connectivity index (χ0n) is 10.5. The summed E-state index contributed by atoms with van der Waals surface area (Å²) in [5.41, 5.74) is 0.846. The fourth-order valence-electron chi connectivity index (χ4n) is 1.53. The SMILES string of the molecule is Cc1sc(C(C)(C)C(=O)O)nc1-c1ccncc1. The minimum absolute atomic E-state index is 0.624. The number of aromatic nitrogens is 2. The number of hydrogen-bond donors (Lipinski definition) is 1. The van der Waals surface area contributed by atoms with Crippen molar-refractivity contribution < 1.29 is 9.90 Å². The summed E-state index contributed by atoms with van der Waals surface area (Å²) in [6.45, 7) is 5.29. The van der Waals surface area contributed by atoms with Crippen LogP contribution in [0.2, 0.25) is 0 Å². The number of carbonyl (C=O) groups is 1. The predicted octanol–water partition coefficient (Wildman–Crippen LogP) is 2.88. The number of carboxylic acid groups (broad SMARTS) is 1. The third-order valence-electron chi connectivity index (χ3n) is 2.82. The molecule has 0 aliphatic heterocycles. The van der Waals surface area contributed by atoms with Crippen LogP contribution in [0, 0.1) is 6.92 Å². The Balaban J connectivity index is 2.49. The Morgan fingerprint density at radius 3 is 2.50 bits per heavy atom. The van der Waals surface area contributed by atoms with Gasteiger partial charge in [0.2, 0.25) is 0 Å². The van der Waals surface area contributed by atoms with E-state index in [1.165, 1.54) is 11.3 Å². The summed E-state index contributed by atoms with van der Waals surface area (Å²) in [5, 5.41) is 9.85. The molecule has 2 aromatic rings. The van der Waals surface area contributed by atoms with Gasteiger partial charge in [0.05, 0.1) is 5.69 Å². The number of carboxylic acids is 1. The van der Waals surface area contributed by atoms with Gasteiger partial charge in [-0.15, -0.1) is 11.3 Å². The summed E-state index contributed by atoms with van der Waals surface area (Å²) < 4.78 is 0. The van der Waals surface area contributed by atoms with Gasteiger partial charge in [-0.25, -0.2) is 4.98 Å². The lowest BCUT2D eigenvalue weighted by Gasteiger charge is -2.15. The summed E-state index contributed by atoms with van der Waals surface area (Å²) in [7, 11) is 0. The Morgan fingerprint density at radius 2 is 1.94 bits per heavy atom. The molecule has 0 saturated carbocycles. The lowest BCUT2D eigenvalue weighted by Crippen LogP contribution is -2.28. The molecule has 0 spiro atoms. The van der Waals surface area contributed by atoms with Crippen molar-refractivity contribution in [1.29, 1.82) is 0 Å². The largest absolute Gasteiger partial charge is 0.481 e. The topological polar surface area (TPSA) is 63.1 Å².